The van der Waals surface area contributed by atoms with Gasteiger partial charge in [-0.15, -0.1) is 0 Å². The summed E-state index contributed by atoms with van der Waals surface area (Å²) >= 11 is 0. The topological polar surface area (TPSA) is 29.5 Å². The number of hydrogen-bond acceptors (Lipinski definition) is 2. The fourth-order valence-electron chi connectivity index (χ4n) is 2.35. The first-order valence-corrected chi connectivity index (χ1v) is 6.55. The lowest BCUT2D eigenvalue weighted by Gasteiger charge is -2.34. The lowest BCUT2D eigenvalue weighted by atomic mass is 10.0. The Morgan fingerprint density at radius 3 is 2.78 bits per heavy atom. The van der Waals surface area contributed by atoms with Gasteiger partial charge in [-0.2, -0.15) is 0 Å². The van der Waals surface area contributed by atoms with Crippen LogP contribution in [0.2, 0.25) is 0 Å². The van der Waals surface area contributed by atoms with Gasteiger partial charge in [0, 0.05) is 12.5 Å². The summed E-state index contributed by atoms with van der Waals surface area (Å²) in [6.45, 7) is 7.97. The van der Waals surface area contributed by atoms with Gasteiger partial charge in [-0.3, -0.25) is 4.79 Å². The van der Waals surface area contributed by atoms with E-state index >= 15 is 0 Å². The van der Waals surface area contributed by atoms with Crippen molar-refractivity contribution in [2.24, 2.45) is 5.92 Å². The summed E-state index contributed by atoms with van der Waals surface area (Å²) in [6, 6.07) is 8.22. The molecule has 1 aromatic carbocycles. The van der Waals surface area contributed by atoms with Crippen LogP contribution in [0.4, 0.5) is 0 Å². The third kappa shape index (κ3) is 2.72. The summed E-state index contributed by atoms with van der Waals surface area (Å²) in [4.78, 5) is 14.0. The highest BCUT2D eigenvalue weighted by atomic mass is 16.5. The number of hydrogen-bond donors (Lipinski definition) is 0. The van der Waals surface area contributed by atoms with Crippen LogP contribution < -0.4 is 0 Å². The van der Waals surface area contributed by atoms with Crippen molar-refractivity contribution in [3.05, 3.63) is 35.4 Å². The minimum Gasteiger partial charge on any atom is -0.370 e. The van der Waals surface area contributed by atoms with Crippen LogP contribution in [-0.2, 0) is 9.53 Å². The van der Waals surface area contributed by atoms with Gasteiger partial charge in [0.15, 0.2) is 0 Å². The van der Waals surface area contributed by atoms with Gasteiger partial charge < -0.3 is 9.64 Å². The van der Waals surface area contributed by atoms with Crippen LogP contribution in [0.3, 0.4) is 0 Å². The maximum absolute atomic E-state index is 12.0. The lowest BCUT2D eigenvalue weighted by molar-refractivity contribution is -0.142. The Morgan fingerprint density at radius 1 is 1.39 bits per heavy atom. The predicted molar refractivity (Wildman–Crippen MR) is 71.3 cm³/mol. The molecule has 0 aliphatic carbocycles. The molecule has 0 N–H and O–H groups in total. The summed E-state index contributed by atoms with van der Waals surface area (Å²) in [5.74, 6) is 0.275. The van der Waals surface area contributed by atoms with Crippen LogP contribution >= 0.6 is 0 Å². The molecule has 0 spiro atoms. The minimum absolute atomic E-state index is 0.0163. The van der Waals surface area contributed by atoms with Crippen molar-refractivity contribution < 1.29 is 9.53 Å². The van der Waals surface area contributed by atoms with E-state index in [4.69, 9.17) is 4.74 Å². The Labute approximate surface area is 109 Å². The molecule has 1 fully saturated rings. The van der Waals surface area contributed by atoms with Crippen LogP contribution in [0.25, 0.3) is 0 Å². The van der Waals surface area contributed by atoms with E-state index in [9.17, 15) is 4.79 Å². The Morgan fingerprint density at radius 2 is 2.11 bits per heavy atom. The highest BCUT2D eigenvalue weighted by Gasteiger charge is 2.27. The molecular formula is C15H21NO2. The second kappa shape index (κ2) is 5.53. The van der Waals surface area contributed by atoms with Gasteiger partial charge in [0.05, 0.1) is 13.2 Å². The van der Waals surface area contributed by atoms with E-state index in [0.717, 1.165) is 0 Å². The summed E-state index contributed by atoms with van der Waals surface area (Å²) in [5.41, 5.74) is 2.42. The lowest BCUT2D eigenvalue weighted by Crippen LogP contribution is -2.44. The van der Waals surface area contributed by atoms with Gasteiger partial charge in [-0.25, -0.2) is 0 Å². The number of nitrogens with zero attached hydrogens (tertiary/aromatic N) is 1. The molecule has 0 radical (unpaired) electrons. The standard InChI is InChI=1S/C15H21NO2/c1-11(2)15(17)16-8-9-18-14(10-16)13-7-5-4-6-12(13)3/h4-7,11,14H,8-10H2,1-3H3/t14-/m1/s1. The van der Waals surface area contributed by atoms with Gasteiger partial charge >= 0.3 is 0 Å². The molecule has 1 aromatic rings. The molecule has 18 heavy (non-hydrogen) atoms. The van der Waals surface area contributed by atoms with Crippen LogP contribution in [0.1, 0.15) is 31.1 Å². The first-order chi connectivity index (χ1) is 8.59. The number of aryl methyl sites for hydroxylation is 1. The van der Waals surface area contributed by atoms with Gasteiger partial charge in [0.2, 0.25) is 5.91 Å². The summed E-state index contributed by atoms with van der Waals surface area (Å²) < 4.78 is 5.81. The van der Waals surface area contributed by atoms with Gasteiger partial charge in [0.25, 0.3) is 0 Å². The monoisotopic (exact) mass is 247 g/mol. The minimum atomic E-state index is 0.0163. The molecule has 1 heterocycles. The number of carbonyl (C=O) groups is 1. The number of carbonyl (C=O) groups excluding carboxylic acids is 1. The SMILES string of the molecule is Cc1ccccc1[C@H]1CN(C(=O)C(C)C)CCO1. The molecule has 0 aromatic heterocycles. The Hall–Kier alpha value is -1.35. The summed E-state index contributed by atoms with van der Waals surface area (Å²) in [6.07, 6.45) is 0.0163. The van der Waals surface area contributed by atoms with Gasteiger partial charge in [0.1, 0.15) is 6.10 Å². The van der Waals surface area contributed by atoms with E-state index in [-0.39, 0.29) is 17.9 Å². The van der Waals surface area contributed by atoms with E-state index in [1.807, 2.05) is 30.9 Å². The van der Waals surface area contributed by atoms with Gasteiger partial charge in [-0.05, 0) is 18.1 Å². The Kier molecular flexibility index (Phi) is 4.02. The molecule has 2 rings (SSSR count). The highest BCUT2D eigenvalue weighted by molar-refractivity contribution is 5.78. The quantitative estimate of drug-likeness (QED) is 0.804. The van der Waals surface area contributed by atoms with Crippen LogP contribution in [0.15, 0.2) is 24.3 Å². The van der Waals surface area contributed by atoms with Crippen molar-refractivity contribution >= 4 is 5.91 Å². The molecule has 1 saturated heterocycles. The Balaban J connectivity index is 2.12. The molecule has 1 aliphatic rings. The Bertz CT molecular complexity index is 428. The molecule has 0 saturated carbocycles. The van der Waals surface area contributed by atoms with Crippen molar-refractivity contribution in [2.75, 3.05) is 19.7 Å². The van der Waals surface area contributed by atoms with Crippen molar-refractivity contribution in [1.82, 2.24) is 4.90 Å². The second-order valence-electron chi connectivity index (χ2n) is 5.15. The fraction of sp³-hybridized carbons (Fsp3) is 0.533. The molecule has 1 amide bonds. The first kappa shape index (κ1) is 13.1. The number of benzene rings is 1. The molecule has 0 unspecified atom stereocenters. The highest BCUT2D eigenvalue weighted by Crippen LogP contribution is 2.25. The summed E-state index contributed by atoms with van der Waals surface area (Å²) in [7, 11) is 0. The van der Waals surface area contributed by atoms with E-state index in [0.29, 0.717) is 19.7 Å². The largest absolute Gasteiger partial charge is 0.370 e. The molecule has 3 heteroatoms. The third-order valence-electron chi connectivity index (χ3n) is 3.41. The van der Waals surface area contributed by atoms with Crippen molar-refractivity contribution in [2.45, 2.75) is 26.9 Å². The number of ether oxygens (including phenoxy) is 1. The van der Waals surface area contributed by atoms with Crippen molar-refractivity contribution in [3.63, 3.8) is 0 Å². The molecule has 1 aliphatic heterocycles. The molecule has 0 bridgehead atoms. The zero-order valence-electron chi connectivity index (χ0n) is 11.3. The third-order valence-corrected chi connectivity index (χ3v) is 3.41. The zero-order valence-corrected chi connectivity index (χ0v) is 11.3. The molecular weight excluding hydrogens is 226 g/mol. The molecule has 3 nitrogen and oxygen atoms in total. The van der Waals surface area contributed by atoms with Crippen LogP contribution in [0.5, 0.6) is 0 Å². The number of rotatable bonds is 2. The molecule has 1 atom stereocenters. The van der Waals surface area contributed by atoms with Crippen molar-refractivity contribution in [3.8, 4) is 0 Å². The average molecular weight is 247 g/mol. The average Bonchev–Trinajstić information content (AvgIpc) is 2.38. The fourth-order valence-corrected chi connectivity index (χ4v) is 2.35. The zero-order chi connectivity index (χ0) is 13.1. The predicted octanol–water partition coefficient (Wildman–Crippen LogP) is 2.55. The van der Waals surface area contributed by atoms with E-state index < -0.39 is 0 Å². The van der Waals surface area contributed by atoms with E-state index in [1.54, 1.807) is 0 Å². The number of amides is 1. The van der Waals surface area contributed by atoms with Crippen molar-refractivity contribution in [1.29, 1.82) is 0 Å². The molecule has 98 valence electrons. The van der Waals surface area contributed by atoms with E-state index in [2.05, 4.69) is 19.1 Å². The second-order valence-corrected chi connectivity index (χ2v) is 5.15. The smallest absolute Gasteiger partial charge is 0.225 e. The normalized spacial score (nSPS) is 20.2. The summed E-state index contributed by atoms with van der Waals surface area (Å²) in [5, 5.41) is 0. The maximum atomic E-state index is 12.0. The first-order valence-electron chi connectivity index (χ1n) is 6.55. The number of morpholine rings is 1. The van der Waals surface area contributed by atoms with Crippen LogP contribution in [-0.4, -0.2) is 30.5 Å². The van der Waals surface area contributed by atoms with Gasteiger partial charge in [-0.1, -0.05) is 38.1 Å². The van der Waals surface area contributed by atoms with Crippen LogP contribution in [0, 0.1) is 12.8 Å². The van der Waals surface area contributed by atoms with E-state index in [1.165, 1.54) is 11.1 Å². The maximum Gasteiger partial charge on any atom is 0.225 e.